The van der Waals surface area contributed by atoms with Gasteiger partial charge in [0.15, 0.2) is 5.88 Å². The highest BCUT2D eigenvalue weighted by Crippen LogP contribution is 2.36. The minimum Gasteiger partial charge on any atom is -0.474 e. The van der Waals surface area contributed by atoms with Crippen LogP contribution in [-0.2, 0) is 11.2 Å². The van der Waals surface area contributed by atoms with Gasteiger partial charge in [-0.3, -0.25) is 4.90 Å². The molecule has 0 saturated heterocycles. The molecule has 2 heterocycles. The van der Waals surface area contributed by atoms with Crippen LogP contribution in [0.1, 0.15) is 64.9 Å². The molecule has 1 saturated carbocycles. The number of aromatic nitrogens is 1. The SMILES string of the molecule is C=C(OC(C)(C)C)N1CCCc2cc(SC3CCCCC3)cnc21. The second-order valence-electron chi connectivity index (χ2n) is 7.89. The van der Waals surface area contributed by atoms with Crippen LogP contribution >= 0.6 is 11.8 Å². The van der Waals surface area contributed by atoms with Crippen molar-refractivity contribution >= 4 is 17.6 Å². The molecule has 1 aliphatic heterocycles. The summed E-state index contributed by atoms with van der Waals surface area (Å²) in [5.41, 5.74) is 1.10. The van der Waals surface area contributed by atoms with E-state index in [1.54, 1.807) is 0 Å². The number of rotatable bonds is 4. The van der Waals surface area contributed by atoms with E-state index in [9.17, 15) is 0 Å². The Balaban J connectivity index is 1.73. The maximum Gasteiger partial charge on any atom is 0.188 e. The minimum absolute atomic E-state index is 0.231. The maximum atomic E-state index is 5.97. The Hall–Kier alpha value is -1.16. The van der Waals surface area contributed by atoms with Crippen molar-refractivity contribution in [3.63, 3.8) is 0 Å². The van der Waals surface area contributed by atoms with E-state index in [-0.39, 0.29) is 5.60 Å². The first kappa shape index (κ1) is 17.7. The summed E-state index contributed by atoms with van der Waals surface area (Å²) in [4.78, 5) is 8.24. The lowest BCUT2D eigenvalue weighted by Gasteiger charge is -2.34. The molecule has 4 heteroatoms. The van der Waals surface area contributed by atoms with Crippen molar-refractivity contribution in [2.45, 2.75) is 81.5 Å². The quantitative estimate of drug-likeness (QED) is 0.668. The van der Waals surface area contributed by atoms with Gasteiger partial charge in [-0.25, -0.2) is 4.98 Å². The van der Waals surface area contributed by atoms with Crippen molar-refractivity contribution in [1.82, 2.24) is 4.98 Å². The molecule has 1 aromatic heterocycles. The van der Waals surface area contributed by atoms with Crippen LogP contribution in [0.15, 0.2) is 29.6 Å². The molecule has 132 valence electrons. The van der Waals surface area contributed by atoms with Crippen molar-refractivity contribution in [3.05, 3.63) is 30.3 Å². The molecule has 0 atom stereocenters. The highest BCUT2D eigenvalue weighted by Gasteiger charge is 2.25. The van der Waals surface area contributed by atoms with Gasteiger partial charge >= 0.3 is 0 Å². The average molecular weight is 347 g/mol. The Labute approximate surface area is 150 Å². The standard InChI is InChI=1S/C20H30N2OS/c1-15(23-20(2,3)4)22-12-8-9-16-13-18(14-21-19(16)22)24-17-10-6-5-7-11-17/h13-14,17H,1,5-12H2,2-4H3. The molecule has 1 fully saturated rings. The molecule has 0 unspecified atom stereocenters. The Morgan fingerprint density at radius 2 is 2.00 bits per heavy atom. The summed E-state index contributed by atoms with van der Waals surface area (Å²) in [6.07, 6.45) is 11.1. The lowest BCUT2D eigenvalue weighted by Crippen LogP contribution is -2.34. The van der Waals surface area contributed by atoms with Crippen LogP contribution in [0.2, 0.25) is 0 Å². The van der Waals surface area contributed by atoms with Gasteiger partial charge in [-0.2, -0.15) is 0 Å². The van der Waals surface area contributed by atoms with E-state index in [4.69, 9.17) is 9.72 Å². The van der Waals surface area contributed by atoms with Crippen molar-refractivity contribution in [2.75, 3.05) is 11.4 Å². The van der Waals surface area contributed by atoms with E-state index in [2.05, 4.69) is 38.3 Å². The summed E-state index contributed by atoms with van der Waals surface area (Å²) < 4.78 is 5.97. The number of fused-ring (bicyclic) bond motifs is 1. The number of aryl methyl sites for hydroxylation is 1. The predicted octanol–water partition coefficient (Wildman–Crippen LogP) is 5.55. The van der Waals surface area contributed by atoms with E-state index in [1.807, 2.05) is 18.0 Å². The summed E-state index contributed by atoms with van der Waals surface area (Å²) in [6.45, 7) is 11.2. The fraction of sp³-hybridized carbons (Fsp3) is 0.650. The van der Waals surface area contributed by atoms with Crippen LogP contribution in [0.5, 0.6) is 0 Å². The molecule has 2 aliphatic rings. The number of nitrogens with zero attached hydrogens (tertiary/aromatic N) is 2. The van der Waals surface area contributed by atoms with Crippen molar-refractivity contribution in [1.29, 1.82) is 0 Å². The number of anilines is 1. The van der Waals surface area contributed by atoms with Crippen molar-refractivity contribution in [3.8, 4) is 0 Å². The molecule has 0 radical (unpaired) electrons. The Kier molecular flexibility index (Phi) is 5.43. The summed E-state index contributed by atoms with van der Waals surface area (Å²) >= 11 is 2.02. The monoisotopic (exact) mass is 346 g/mol. The fourth-order valence-corrected chi connectivity index (χ4v) is 4.81. The third-order valence-electron chi connectivity index (χ3n) is 4.58. The van der Waals surface area contributed by atoms with Gasteiger partial charge in [-0.05, 0) is 64.7 Å². The van der Waals surface area contributed by atoms with Gasteiger partial charge in [0.25, 0.3) is 0 Å². The van der Waals surface area contributed by atoms with Crippen LogP contribution in [0.25, 0.3) is 0 Å². The molecule has 24 heavy (non-hydrogen) atoms. The fourth-order valence-electron chi connectivity index (χ4n) is 3.53. The second-order valence-corrected chi connectivity index (χ2v) is 9.27. The average Bonchev–Trinajstić information content (AvgIpc) is 2.53. The van der Waals surface area contributed by atoms with Gasteiger partial charge < -0.3 is 4.74 Å². The van der Waals surface area contributed by atoms with Crippen LogP contribution in [0.3, 0.4) is 0 Å². The van der Waals surface area contributed by atoms with E-state index < -0.39 is 0 Å². The highest BCUT2D eigenvalue weighted by atomic mass is 32.2. The molecule has 0 aromatic carbocycles. The lowest BCUT2D eigenvalue weighted by molar-refractivity contribution is 0.0484. The number of thioether (sulfide) groups is 1. The highest BCUT2D eigenvalue weighted by molar-refractivity contribution is 8.00. The van der Waals surface area contributed by atoms with Gasteiger partial charge in [-0.15, -0.1) is 11.8 Å². The molecule has 3 rings (SSSR count). The summed E-state index contributed by atoms with van der Waals surface area (Å²) in [5, 5.41) is 0.775. The van der Waals surface area contributed by atoms with E-state index in [0.717, 1.165) is 30.5 Å². The van der Waals surface area contributed by atoms with Gasteiger partial charge in [0.05, 0.1) is 0 Å². The van der Waals surface area contributed by atoms with Gasteiger partial charge in [0.1, 0.15) is 11.4 Å². The van der Waals surface area contributed by atoms with Gasteiger partial charge in [0.2, 0.25) is 0 Å². The third-order valence-corrected chi connectivity index (χ3v) is 5.88. The molecule has 0 spiro atoms. The molecular formula is C20H30N2OS. The van der Waals surface area contributed by atoms with Gasteiger partial charge in [-0.1, -0.05) is 19.3 Å². The van der Waals surface area contributed by atoms with Crippen LogP contribution < -0.4 is 4.90 Å². The van der Waals surface area contributed by atoms with Gasteiger partial charge in [0, 0.05) is 22.9 Å². The zero-order valence-corrected chi connectivity index (χ0v) is 16.1. The Bertz CT molecular complexity index is 588. The topological polar surface area (TPSA) is 25.4 Å². The molecule has 0 amide bonds. The van der Waals surface area contributed by atoms with E-state index >= 15 is 0 Å². The summed E-state index contributed by atoms with van der Waals surface area (Å²) in [7, 11) is 0. The zero-order chi connectivity index (χ0) is 17.2. The number of ether oxygens (including phenoxy) is 1. The smallest absolute Gasteiger partial charge is 0.188 e. The first-order chi connectivity index (χ1) is 11.4. The predicted molar refractivity (Wildman–Crippen MR) is 103 cm³/mol. The van der Waals surface area contributed by atoms with E-state index in [1.165, 1.54) is 42.6 Å². The molecule has 3 nitrogen and oxygen atoms in total. The normalized spacial score (nSPS) is 19.0. The molecule has 1 aromatic rings. The number of hydrogen-bond acceptors (Lipinski definition) is 4. The van der Waals surface area contributed by atoms with Crippen molar-refractivity contribution in [2.24, 2.45) is 0 Å². The molecular weight excluding hydrogens is 316 g/mol. The summed E-state index contributed by atoms with van der Waals surface area (Å²) in [5.74, 6) is 1.74. The maximum absolute atomic E-state index is 5.97. The van der Waals surface area contributed by atoms with E-state index in [0.29, 0.717) is 5.88 Å². The number of pyridine rings is 1. The lowest BCUT2D eigenvalue weighted by atomic mass is 10.0. The molecule has 1 aliphatic carbocycles. The van der Waals surface area contributed by atoms with Crippen molar-refractivity contribution < 1.29 is 4.74 Å². The first-order valence-corrected chi connectivity index (χ1v) is 10.1. The Morgan fingerprint density at radius 3 is 2.71 bits per heavy atom. The zero-order valence-electron chi connectivity index (χ0n) is 15.3. The number of hydrogen-bond donors (Lipinski definition) is 0. The summed E-state index contributed by atoms with van der Waals surface area (Å²) in [6, 6.07) is 2.35. The first-order valence-electron chi connectivity index (χ1n) is 9.23. The Morgan fingerprint density at radius 1 is 1.25 bits per heavy atom. The minimum atomic E-state index is -0.231. The van der Waals surface area contributed by atoms with Crippen LogP contribution in [0.4, 0.5) is 5.82 Å². The van der Waals surface area contributed by atoms with Crippen LogP contribution in [0, 0.1) is 0 Å². The molecule has 0 N–H and O–H groups in total. The van der Waals surface area contributed by atoms with Crippen LogP contribution in [-0.4, -0.2) is 22.4 Å². The second kappa shape index (κ2) is 7.38. The third kappa shape index (κ3) is 4.47. The molecule has 0 bridgehead atoms. The largest absolute Gasteiger partial charge is 0.474 e.